The van der Waals surface area contributed by atoms with Gasteiger partial charge in [-0.05, 0) is 47.5 Å². The van der Waals surface area contributed by atoms with E-state index in [4.69, 9.17) is 0 Å². The Hall–Kier alpha value is -2.73. The number of nitrogens with one attached hydrogen (secondary N) is 1. The van der Waals surface area contributed by atoms with Crippen molar-refractivity contribution < 1.29 is 18.3 Å². The smallest absolute Gasteiger partial charge is 0.387 e. The van der Waals surface area contributed by atoms with Gasteiger partial charge in [0.2, 0.25) is 0 Å². The molecule has 1 N–H and O–H groups in total. The molecule has 0 fully saturated rings. The fourth-order valence-electron chi connectivity index (χ4n) is 2.66. The van der Waals surface area contributed by atoms with Gasteiger partial charge in [0.15, 0.2) is 0 Å². The quantitative estimate of drug-likeness (QED) is 0.553. The SMILES string of the molecule is O=C(N[C@H](c1ccccc1)c1ccc(OC(F)F)cc1)c1ccc(Br)cc1. The van der Waals surface area contributed by atoms with Gasteiger partial charge >= 0.3 is 6.61 Å². The van der Waals surface area contributed by atoms with Crippen molar-refractivity contribution >= 4 is 21.8 Å². The van der Waals surface area contributed by atoms with Crippen LogP contribution in [-0.2, 0) is 0 Å². The molecular weight excluding hydrogens is 416 g/mol. The Labute approximate surface area is 164 Å². The second kappa shape index (κ2) is 8.77. The predicted molar refractivity (Wildman–Crippen MR) is 103 cm³/mol. The van der Waals surface area contributed by atoms with E-state index in [1.165, 1.54) is 12.1 Å². The summed E-state index contributed by atoms with van der Waals surface area (Å²) < 4.78 is 30.0. The summed E-state index contributed by atoms with van der Waals surface area (Å²) in [5, 5.41) is 3.00. The minimum Gasteiger partial charge on any atom is -0.435 e. The first-order valence-electron chi connectivity index (χ1n) is 8.19. The summed E-state index contributed by atoms with van der Waals surface area (Å²) in [5.41, 5.74) is 2.16. The van der Waals surface area contributed by atoms with Crippen LogP contribution in [0.4, 0.5) is 8.78 Å². The van der Waals surface area contributed by atoms with Gasteiger partial charge in [-0.2, -0.15) is 8.78 Å². The second-order valence-corrected chi connectivity index (χ2v) is 6.69. The highest BCUT2D eigenvalue weighted by atomic mass is 79.9. The van der Waals surface area contributed by atoms with Gasteiger partial charge in [0.25, 0.3) is 5.91 Å². The molecule has 138 valence electrons. The molecule has 0 saturated carbocycles. The molecule has 0 bridgehead atoms. The van der Waals surface area contributed by atoms with Gasteiger partial charge in [-0.3, -0.25) is 4.79 Å². The number of hydrogen-bond acceptors (Lipinski definition) is 2. The number of carbonyl (C=O) groups is 1. The Kier molecular flexibility index (Phi) is 6.19. The van der Waals surface area contributed by atoms with Crippen molar-refractivity contribution in [2.24, 2.45) is 0 Å². The first-order valence-corrected chi connectivity index (χ1v) is 8.98. The van der Waals surface area contributed by atoms with Crippen LogP contribution in [0.3, 0.4) is 0 Å². The highest BCUT2D eigenvalue weighted by Gasteiger charge is 2.18. The predicted octanol–water partition coefficient (Wildman–Crippen LogP) is 5.57. The Balaban J connectivity index is 1.87. The lowest BCUT2D eigenvalue weighted by molar-refractivity contribution is -0.0498. The molecular formula is C21H16BrF2NO2. The molecule has 1 atom stereocenters. The summed E-state index contributed by atoms with van der Waals surface area (Å²) in [6, 6.07) is 22.3. The van der Waals surface area contributed by atoms with Crippen molar-refractivity contribution in [1.82, 2.24) is 5.32 Å². The Morgan fingerprint density at radius 3 is 2.04 bits per heavy atom. The topological polar surface area (TPSA) is 38.3 Å². The Morgan fingerprint density at radius 1 is 0.852 bits per heavy atom. The van der Waals surface area contributed by atoms with E-state index in [1.54, 1.807) is 36.4 Å². The average Bonchev–Trinajstić information content (AvgIpc) is 2.67. The summed E-state index contributed by atoms with van der Waals surface area (Å²) in [6.45, 7) is -2.88. The van der Waals surface area contributed by atoms with E-state index >= 15 is 0 Å². The van der Waals surface area contributed by atoms with Gasteiger partial charge < -0.3 is 10.1 Å². The van der Waals surface area contributed by atoms with Crippen LogP contribution in [0.2, 0.25) is 0 Å². The normalized spacial score (nSPS) is 11.9. The van der Waals surface area contributed by atoms with E-state index in [9.17, 15) is 13.6 Å². The number of amides is 1. The van der Waals surface area contributed by atoms with Crippen LogP contribution < -0.4 is 10.1 Å². The third kappa shape index (κ3) is 5.14. The average molecular weight is 432 g/mol. The molecule has 0 aliphatic rings. The van der Waals surface area contributed by atoms with Gasteiger partial charge in [0, 0.05) is 10.0 Å². The Bertz CT molecular complexity index is 884. The number of carbonyl (C=O) groups excluding carboxylic acids is 1. The molecule has 0 unspecified atom stereocenters. The van der Waals surface area contributed by atoms with Crippen LogP contribution in [0, 0.1) is 0 Å². The van der Waals surface area contributed by atoms with E-state index in [0.29, 0.717) is 5.56 Å². The van der Waals surface area contributed by atoms with Crippen LogP contribution in [-0.4, -0.2) is 12.5 Å². The first kappa shape index (κ1) is 19.0. The van der Waals surface area contributed by atoms with Crippen LogP contribution in [0.15, 0.2) is 83.3 Å². The number of hydrogen-bond donors (Lipinski definition) is 1. The number of benzene rings is 3. The van der Waals surface area contributed by atoms with Gasteiger partial charge in [-0.15, -0.1) is 0 Å². The van der Waals surface area contributed by atoms with Crippen molar-refractivity contribution in [1.29, 1.82) is 0 Å². The summed E-state index contributed by atoms with van der Waals surface area (Å²) in [4.78, 5) is 12.7. The van der Waals surface area contributed by atoms with Crippen LogP contribution in [0.5, 0.6) is 5.75 Å². The molecule has 0 aromatic heterocycles. The maximum atomic E-state index is 12.7. The van der Waals surface area contributed by atoms with Crippen molar-refractivity contribution in [2.45, 2.75) is 12.7 Å². The summed E-state index contributed by atoms with van der Waals surface area (Å²) in [5.74, 6) is -0.163. The standard InChI is InChI=1S/C21H16BrF2NO2/c22-17-10-6-16(7-11-17)20(26)25-19(14-4-2-1-3-5-14)15-8-12-18(13-9-15)27-21(23)24/h1-13,19,21H,(H,25,26)/t19-/m1/s1. The summed E-state index contributed by atoms with van der Waals surface area (Å²) >= 11 is 3.35. The molecule has 0 aliphatic carbocycles. The fourth-order valence-corrected chi connectivity index (χ4v) is 2.93. The summed E-state index contributed by atoms with van der Waals surface area (Å²) in [6.07, 6.45) is 0. The van der Waals surface area contributed by atoms with Gasteiger partial charge in [-0.25, -0.2) is 0 Å². The number of halogens is 3. The first-order chi connectivity index (χ1) is 13.0. The van der Waals surface area contributed by atoms with E-state index in [1.807, 2.05) is 30.3 Å². The highest BCUT2D eigenvalue weighted by molar-refractivity contribution is 9.10. The zero-order chi connectivity index (χ0) is 19.2. The molecule has 6 heteroatoms. The Morgan fingerprint density at radius 2 is 1.44 bits per heavy atom. The third-order valence-corrected chi connectivity index (χ3v) is 4.48. The summed E-state index contributed by atoms with van der Waals surface area (Å²) in [7, 11) is 0. The molecule has 3 aromatic carbocycles. The van der Waals surface area contributed by atoms with Gasteiger partial charge in [0.1, 0.15) is 5.75 Å². The largest absolute Gasteiger partial charge is 0.435 e. The maximum Gasteiger partial charge on any atom is 0.387 e. The fraction of sp³-hybridized carbons (Fsp3) is 0.0952. The zero-order valence-electron chi connectivity index (χ0n) is 14.1. The molecule has 1 amide bonds. The lowest BCUT2D eigenvalue weighted by Gasteiger charge is -2.20. The molecule has 0 radical (unpaired) electrons. The van der Waals surface area contributed by atoms with Crippen molar-refractivity contribution in [3.63, 3.8) is 0 Å². The van der Waals surface area contributed by atoms with Crippen molar-refractivity contribution in [3.05, 3.63) is 100 Å². The van der Waals surface area contributed by atoms with Crippen molar-refractivity contribution in [2.75, 3.05) is 0 Å². The van der Waals surface area contributed by atoms with E-state index < -0.39 is 12.7 Å². The number of ether oxygens (including phenoxy) is 1. The van der Waals surface area contributed by atoms with E-state index in [0.717, 1.165) is 15.6 Å². The maximum absolute atomic E-state index is 12.7. The van der Waals surface area contributed by atoms with Crippen LogP contribution in [0.1, 0.15) is 27.5 Å². The minimum atomic E-state index is -2.88. The highest BCUT2D eigenvalue weighted by Crippen LogP contribution is 2.25. The lowest BCUT2D eigenvalue weighted by Crippen LogP contribution is -2.29. The van der Waals surface area contributed by atoms with Crippen LogP contribution >= 0.6 is 15.9 Å². The van der Waals surface area contributed by atoms with Crippen LogP contribution in [0.25, 0.3) is 0 Å². The minimum absolute atomic E-state index is 0.0693. The number of alkyl halides is 2. The van der Waals surface area contributed by atoms with E-state index in [2.05, 4.69) is 26.0 Å². The lowest BCUT2D eigenvalue weighted by atomic mass is 9.98. The third-order valence-electron chi connectivity index (χ3n) is 3.95. The second-order valence-electron chi connectivity index (χ2n) is 5.77. The van der Waals surface area contributed by atoms with Crippen molar-refractivity contribution in [3.8, 4) is 5.75 Å². The van der Waals surface area contributed by atoms with Gasteiger partial charge in [-0.1, -0.05) is 58.4 Å². The zero-order valence-corrected chi connectivity index (χ0v) is 15.7. The molecule has 0 heterocycles. The molecule has 0 saturated heterocycles. The molecule has 3 aromatic rings. The molecule has 3 rings (SSSR count). The van der Waals surface area contributed by atoms with E-state index in [-0.39, 0.29) is 11.7 Å². The molecule has 0 aliphatic heterocycles. The molecule has 27 heavy (non-hydrogen) atoms. The monoisotopic (exact) mass is 431 g/mol. The molecule has 0 spiro atoms. The number of rotatable bonds is 6. The van der Waals surface area contributed by atoms with Gasteiger partial charge in [0.05, 0.1) is 6.04 Å². The molecule has 3 nitrogen and oxygen atoms in total.